The van der Waals surface area contributed by atoms with E-state index in [2.05, 4.69) is 10.6 Å². The maximum absolute atomic E-state index is 13.4. The van der Waals surface area contributed by atoms with Gasteiger partial charge in [-0.3, -0.25) is 0 Å². The van der Waals surface area contributed by atoms with Gasteiger partial charge in [-0.05, 0) is 24.4 Å². The Bertz CT molecular complexity index is 602. The summed E-state index contributed by atoms with van der Waals surface area (Å²) < 4.78 is 39.4. The first-order chi connectivity index (χ1) is 9.06. The molecule has 0 aliphatic carbocycles. The van der Waals surface area contributed by atoms with E-state index >= 15 is 0 Å². The quantitative estimate of drug-likeness (QED) is 0.645. The molecule has 0 unspecified atom stereocenters. The van der Waals surface area contributed by atoms with Gasteiger partial charge in [0.15, 0.2) is 16.7 Å². The van der Waals surface area contributed by atoms with Crippen LogP contribution in [-0.4, -0.2) is 5.11 Å². The number of para-hydroxylation sites is 1. The van der Waals surface area contributed by atoms with E-state index in [1.807, 2.05) is 6.07 Å². The van der Waals surface area contributed by atoms with Crippen molar-refractivity contribution in [2.45, 2.75) is 0 Å². The molecule has 0 saturated heterocycles. The van der Waals surface area contributed by atoms with Crippen LogP contribution in [0.4, 0.5) is 24.5 Å². The lowest BCUT2D eigenvalue weighted by molar-refractivity contribution is 0.498. The first-order valence-corrected chi connectivity index (χ1v) is 5.74. The molecule has 0 aliphatic heterocycles. The van der Waals surface area contributed by atoms with Gasteiger partial charge in [-0.1, -0.05) is 18.2 Å². The van der Waals surface area contributed by atoms with Crippen LogP contribution in [0.25, 0.3) is 0 Å². The molecule has 0 radical (unpaired) electrons. The van der Waals surface area contributed by atoms with Gasteiger partial charge in [0, 0.05) is 17.8 Å². The number of benzene rings is 2. The summed E-state index contributed by atoms with van der Waals surface area (Å²) in [4.78, 5) is 0. The molecule has 2 rings (SSSR count). The molecule has 0 aromatic heterocycles. The van der Waals surface area contributed by atoms with Crippen LogP contribution in [0.1, 0.15) is 0 Å². The van der Waals surface area contributed by atoms with Crippen molar-refractivity contribution in [3.63, 3.8) is 0 Å². The summed E-state index contributed by atoms with van der Waals surface area (Å²) in [6.45, 7) is 0. The van der Waals surface area contributed by atoms with Crippen LogP contribution in [0, 0.1) is 17.5 Å². The third kappa shape index (κ3) is 3.45. The standard InChI is InChI=1S/C13H9F3N2S/c14-8-6-10(15)12(16)11(7-8)18-13(19)17-9-4-2-1-3-5-9/h1-7H,(H2,17,18,19). The molecule has 0 amide bonds. The zero-order valence-corrected chi connectivity index (χ0v) is 10.4. The first-order valence-electron chi connectivity index (χ1n) is 5.34. The van der Waals surface area contributed by atoms with Crippen molar-refractivity contribution in [3.05, 3.63) is 59.9 Å². The number of thiocarbonyl (C=S) groups is 1. The predicted molar refractivity (Wildman–Crippen MR) is 72.6 cm³/mol. The summed E-state index contributed by atoms with van der Waals surface area (Å²) in [6.07, 6.45) is 0. The molecule has 2 aromatic carbocycles. The number of halogens is 3. The number of anilines is 2. The summed E-state index contributed by atoms with van der Waals surface area (Å²) in [5, 5.41) is 5.21. The van der Waals surface area contributed by atoms with Crippen molar-refractivity contribution in [3.8, 4) is 0 Å². The minimum atomic E-state index is -1.27. The van der Waals surface area contributed by atoms with E-state index in [0.717, 1.165) is 6.07 Å². The Kier molecular flexibility index (Phi) is 4.01. The topological polar surface area (TPSA) is 24.1 Å². The van der Waals surface area contributed by atoms with Gasteiger partial charge in [-0.2, -0.15) is 0 Å². The lowest BCUT2D eigenvalue weighted by atomic mass is 10.3. The zero-order chi connectivity index (χ0) is 13.8. The summed E-state index contributed by atoms with van der Waals surface area (Å²) in [6, 6.07) is 10.2. The fraction of sp³-hybridized carbons (Fsp3) is 0. The van der Waals surface area contributed by atoms with Crippen molar-refractivity contribution in [1.29, 1.82) is 0 Å². The van der Waals surface area contributed by atoms with Gasteiger partial charge in [0.25, 0.3) is 0 Å². The van der Waals surface area contributed by atoms with E-state index in [1.165, 1.54) is 0 Å². The van der Waals surface area contributed by atoms with Gasteiger partial charge < -0.3 is 10.6 Å². The molecular weight excluding hydrogens is 273 g/mol. The van der Waals surface area contributed by atoms with Gasteiger partial charge in [-0.15, -0.1) is 0 Å². The van der Waals surface area contributed by atoms with E-state index in [4.69, 9.17) is 12.2 Å². The molecule has 98 valence electrons. The monoisotopic (exact) mass is 282 g/mol. The summed E-state index contributed by atoms with van der Waals surface area (Å²) in [5.41, 5.74) is 0.322. The van der Waals surface area contributed by atoms with E-state index in [-0.39, 0.29) is 10.8 Å². The molecular formula is C13H9F3N2S. The van der Waals surface area contributed by atoms with Crippen molar-refractivity contribution in [2.24, 2.45) is 0 Å². The van der Waals surface area contributed by atoms with Crippen molar-refractivity contribution in [1.82, 2.24) is 0 Å². The molecule has 2 nitrogen and oxygen atoms in total. The Labute approximate surface area is 113 Å². The molecule has 2 aromatic rings. The molecule has 6 heteroatoms. The van der Waals surface area contributed by atoms with Crippen LogP contribution >= 0.6 is 12.2 Å². The molecule has 0 heterocycles. The fourth-order valence-electron chi connectivity index (χ4n) is 1.45. The van der Waals surface area contributed by atoms with Crippen LogP contribution in [0.15, 0.2) is 42.5 Å². The summed E-state index contributed by atoms with van der Waals surface area (Å²) >= 11 is 4.93. The third-order valence-corrected chi connectivity index (χ3v) is 2.48. The average Bonchev–Trinajstić information content (AvgIpc) is 2.36. The number of rotatable bonds is 2. The van der Waals surface area contributed by atoms with Crippen LogP contribution in [-0.2, 0) is 0 Å². The molecule has 0 aliphatic rings. The second-order valence-corrected chi connectivity index (χ2v) is 4.10. The molecule has 2 N–H and O–H groups in total. The van der Waals surface area contributed by atoms with Crippen molar-refractivity contribution in [2.75, 3.05) is 10.6 Å². The highest BCUT2D eigenvalue weighted by atomic mass is 32.1. The Morgan fingerprint density at radius 2 is 1.63 bits per heavy atom. The van der Waals surface area contributed by atoms with E-state index < -0.39 is 17.5 Å². The van der Waals surface area contributed by atoms with Gasteiger partial charge >= 0.3 is 0 Å². The largest absolute Gasteiger partial charge is 0.332 e. The van der Waals surface area contributed by atoms with Crippen molar-refractivity contribution >= 4 is 28.7 Å². The first kappa shape index (κ1) is 13.4. The lowest BCUT2D eigenvalue weighted by Crippen LogP contribution is -2.20. The molecule has 0 saturated carbocycles. The second kappa shape index (κ2) is 5.71. The molecule has 0 spiro atoms. The normalized spacial score (nSPS) is 10.1. The van der Waals surface area contributed by atoms with E-state index in [9.17, 15) is 13.2 Å². The highest BCUT2D eigenvalue weighted by Crippen LogP contribution is 2.19. The highest BCUT2D eigenvalue weighted by molar-refractivity contribution is 7.80. The smallest absolute Gasteiger partial charge is 0.182 e. The summed E-state index contributed by atoms with van der Waals surface area (Å²) in [7, 11) is 0. The number of hydrogen-bond acceptors (Lipinski definition) is 1. The maximum Gasteiger partial charge on any atom is 0.182 e. The third-order valence-electron chi connectivity index (χ3n) is 2.27. The average molecular weight is 282 g/mol. The van der Waals surface area contributed by atoms with Crippen LogP contribution in [0.3, 0.4) is 0 Å². The molecule has 0 fully saturated rings. The van der Waals surface area contributed by atoms with E-state index in [0.29, 0.717) is 11.8 Å². The Morgan fingerprint density at radius 1 is 0.947 bits per heavy atom. The van der Waals surface area contributed by atoms with Gasteiger partial charge in [0.05, 0.1) is 5.69 Å². The van der Waals surface area contributed by atoms with Gasteiger partial charge in [0.1, 0.15) is 5.82 Å². The minimum absolute atomic E-state index is 0.0371. The lowest BCUT2D eigenvalue weighted by Gasteiger charge is -2.11. The molecule has 0 atom stereocenters. The minimum Gasteiger partial charge on any atom is -0.332 e. The molecule has 19 heavy (non-hydrogen) atoms. The van der Waals surface area contributed by atoms with Crippen LogP contribution in [0.2, 0.25) is 0 Å². The Morgan fingerprint density at radius 3 is 2.32 bits per heavy atom. The van der Waals surface area contributed by atoms with Crippen LogP contribution < -0.4 is 10.6 Å². The Hall–Kier alpha value is -2.08. The van der Waals surface area contributed by atoms with Gasteiger partial charge in [0.2, 0.25) is 0 Å². The highest BCUT2D eigenvalue weighted by Gasteiger charge is 2.12. The van der Waals surface area contributed by atoms with Crippen molar-refractivity contribution < 1.29 is 13.2 Å². The molecule has 0 bridgehead atoms. The Balaban J connectivity index is 2.11. The maximum atomic E-state index is 13.4. The summed E-state index contributed by atoms with van der Waals surface area (Å²) in [5.74, 6) is -3.34. The SMILES string of the molecule is Fc1cc(F)c(F)c(NC(=S)Nc2ccccc2)c1. The predicted octanol–water partition coefficient (Wildman–Crippen LogP) is 3.91. The zero-order valence-electron chi connectivity index (χ0n) is 9.58. The van der Waals surface area contributed by atoms with Gasteiger partial charge in [-0.25, -0.2) is 13.2 Å². The van der Waals surface area contributed by atoms with E-state index in [1.54, 1.807) is 24.3 Å². The number of nitrogens with one attached hydrogen (secondary N) is 2. The van der Waals surface area contributed by atoms with Crippen LogP contribution in [0.5, 0.6) is 0 Å². The second-order valence-electron chi connectivity index (χ2n) is 3.69. The number of hydrogen-bond donors (Lipinski definition) is 2. The fourth-order valence-corrected chi connectivity index (χ4v) is 1.68.